The lowest BCUT2D eigenvalue weighted by Gasteiger charge is -2.31. The number of unbranched alkanes of at least 4 members (excludes halogenated alkanes) is 2. The van der Waals surface area contributed by atoms with Gasteiger partial charge >= 0.3 is 5.69 Å². The third kappa shape index (κ3) is 3.21. The average molecular weight is 360 g/mol. The summed E-state index contributed by atoms with van der Waals surface area (Å²) in [6.07, 6.45) is 9.07. The van der Waals surface area contributed by atoms with E-state index in [4.69, 9.17) is 5.73 Å². The van der Waals surface area contributed by atoms with Gasteiger partial charge in [0.2, 0.25) is 5.95 Å². The summed E-state index contributed by atoms with van der Waals surface area (Å²) in [5.74, 6) is 0.682. The van der Waals surface area contributed by atoms with Gasteiger partial charge in [-0.25, -0.2) is 4.79 Å². The van der Waals surface area contributed by atoms with E-state index >= 15 is 0 Å². The predicted molar refractivity (Wildman–Crippen MR) is 104 cm³/mol. The van der Waals surface area contributed by atoms with E-state index in [9.17, 15) is 9.59 Å². The molecule has 0 amide bonds. The molecule has 3 rings (SSSR count). The normalized spacial score (nSPS) is 18.3. The third-order valence-electron chi connectivity index (χ3n) is 4.99. The van der Waals surface area contributed by atoms with Gasteiger partial charge in [-0.3, -0.25) is 18.5 Å². The van der Waals surface area contributed by atoms with Crippen LogP contribution in [0, 0.1) is 0 Å². The predicted octanol–water partition coefficient (Wildman–Crippen LogP) is 1.02. The fourth-order valence-electron chi connectivity index (χ4n) is 3.46. The summed E-state index contributed by atoms with van der Waals surface area (Å²) in [7, 11) is 3.15. The zero-order valence-corrected chi connectivity index (χ0v) is 15.8. The van der Waals surface area contributed by atoms with Crippen LogP contribution in [0.15, 0.2) is 15.7 Å². The summed E-state index contributed by atoms with van der Waals surface area (Å²) in [6, 6.07) is 0.0905. The van der Waals surface area contributed by atoms with Gasteiger partial charge in [0.05, 0.1) is 0 Å². The van der Waals surface area contributed by atoms with Crippen LogP contribution in [0.4, 0.5) is 5.95 Å². The van der Waals surface area contributed by atoms with Crippen molar-refractivity contribution >= 4 is 23.3 Å². The van der Waals surface area contributed by atoms with Crippen LogP contribution in [-0.2, 0) is 14.1 Å². The summed E-state index contributed by atoms with van der Waals surface area (Å²) in [5.41, 5.74) is 6.27. The molecule has 1 unspecified atom stereocenters. The fraction of sp³-hybridized carbons (Fsp3) is 0.611. The lowest BCUT2D eigenvalue weighted by atomic mass is 10.1. The van der Waals surface area contributed by atoms with Crippen LogP contribution < -0.4 is 21.9 Å². The second-order valence-electron chi connectivity index (χ2n) is 7.04. The van der Waals surface area contributed by atoms with Crippen LogP contribution >= 0.6 is 0 Å². The molecule has 2 aromatic rings. The average Bonchev–Trinajstić information content (AvgIpc) is 3.01. The number of anilines is 1. The first-order valence-electron chi connectivity index (χ1n) is 9.30. The van der Waals surface area contributed by atoms with Crippen LogP contribution in [0.25, 0.3) is 17.4 Å². The second kappa shape index (κ2) is 7.49. The SMILES string of the molecule is CCCC/C=C/n1c(N2CCCC(N)C2)nc2c1c(=O)n(C)c(=O)n2C. The Morgan fingerprint density at radius 2 is 2.04 bits per heavy atom. The van der Waals surface area contributed by atoms with E-state index in [-0.39, 0.29) is 17.3 Å². The van der Waals surface area contributed by atoms with Crippen molar-refractivity contribution in [3.63, 3.8) is 0 Å². The highest BCUT2D eigenvalue weighted by atomic mass is 16.2. The Hall–Kier alpha value is -2.35. The Morgan fingerprint density at radius 3 is 2.73 bits per heavy atom. The first-order chi connectivity index (χ1) is 12.5. The number of hydrogen-bond acceptors (Lipinski definition) is 5. The lowest BCUT2D eigenvalue weighted by molar-refractivity contribution is 0.499. The molecule has 8 nitrogen and oxygen atoms in total. The number of fused-ring (bicyclic) bond motifs is 1. The molecule has 8 heteroatoms. The van der Waals surface area contributed by atoms with E-state index in [1.807, 2.05) is 10.8 Å². The van der Waals surface area contributed by atoms with Crippen molar-refractivity contribution in [2.45, 2.75) is 45.1 Å². The molecule has 2 aromatic heterocycles. The molecule has 0 radical (unpaired) electrons. The van der Waals surface area contributed by atoms with Crippen molar-refractivity contribution in [2.24, 2.45) is 19.8 Å². The van der Waals surface area contributed by atoms with Crippen molar-refractivity contribution < 1.29 is 0 Å². The minimum Gasteiger partial charge on any atom is -0.340 e. The van der Waals surface area contributed by atoms with Gasteiger partial charge in [-0.05, 0) is 19.3 Å². The number of nitrogens with zero attached hydrogens (tertiary/aromatic N) is 5. The van der Waals surface area contributed by atoms with E-state index in [1.165, 1.54) is 11.6 Å². The van der Waals surface area contributed by atoms with Crippen LogP contribution in [0.1, 0.15) is 39.0 Å². The molecule has 2 N–H and O–H groups in total. The van der Waals surface area contributed by atoms with Gasteiger partial charge in [-0.2, -0.15) is 4.98 Å². The third-order valence-corrected chi connectivity index (χ3v) is 4.99. The van der Waals surface area contributed by atoms with Crippen LogP contribution in [-0.4, -0.2) is 37.8 Å². The summed E-state index contributed by atoms with van der Waals surface area (Å²) in [5, 5.41) is 0. The molecule has 0 aliphatic carbocycles. The zero-order chi connectivity index (χ0) is 18.8. The van der Waals surface area contributed by atoms with Crippen LogP contribution in [0.2, 0.25) is 0 Å². The summed E-state index contributed by atoms with van der Waals surface area (Å²) >= 11 is 0. The molecule has 142 valence electrons. The first-order valence-corrected chi connectivity index (χ1v) is 9.30. The van der Waals surface area contributed by atoms with E-state index < -0.39 is 0 Å². The second-order valence-corrected chi connectivity index (χ2v) is 7.04. The molecule has 0 aromatic carbocycles. The quantitative estimate of drug-likeness (QED) is 0.804. The number of allylic oxidation sites excluding steroid dienone is 1. The maximum atomic E-state index is 12.8. The van der Waals surface area contributed by atoms with Gasteiger partial charge in [0.15, 0.2) is 11.2 Å². The van der Waals surface area contributed by atoms with Gasteiger partial charge in [-0.1, -0.05) is 25.8 Å². The molecular weight excluding hydrogens is 332 g/mol. The smallest absolute Gasteiger partial charge is 0.332 e. The number of nitrogens with two attached hydrogens (primary N) is 1. The monoisotopic (exact) mass is 360 g/mol. The Balaban J connectivity index is 2.20. The van der Waals surface area contributed by atoms with Gasteiger partial charge in [0.1, 0.15) is 0 Å². The van der Waals surface area contributed by atoms with Crippen molar-refractivity contribution in [2.75, 3.05) is 18.0 Å². The largest absolute Gasteiger partial charge is 0.340 e. The van der Waals surface area contributed by atoms with Crippen molar-refractivity contribution in [1.29, 1.82) is 0 Å². The topological polar surface area (TPSA) is 91.1 Å². The Labute approximate surface area is 152 Å². The molecule has 1 atom stereocenters. The van der Waals surface area contributed by atoms with E-state index in [0.717, 1.165) is 43.2 Å². The van der Waals surface area contributed by atoms with Gasteiger partial charge in [0, 0.05) is 39.4 Å². The molecule has 1 aliphatic heterocycles. The van der Waals surface area contributed by atoms with Gasteiger partial charge in [-0.15, -0.1) is 0 Å². The summed E-state index contributed by atoms with van der Waals surface area (Å²) < 4.78 is 4.39. The fourth-order valence-corrected chi connectivity index (χ4v) is 3.46. The van der Waals surface area contributed by atoms with Crippen LogP contribution in [0.5, 0.6) is 0 Å². The Kier molecular flexibility index (Phi) is 5.31. The number of hydrogen-bond donors (Lipinski definition) is 1. The number of aromatic nitrogens is 4. The molecule has 3 heterocycles. The van der Waals surface area contributed by atoms with Crippen molar-refractivity contribution in [3.8, 4) is 0 Å². The molecule has 0 saturated carbocycles. The minimum absolute atomic E-state index is 0.0905. The van der Waals surface area contributed by atoms with Crippen LogP contribution in [0.3, 0.4) is 0 Å². The minimum atomic E-state index is -0.371. The Morgan fingerprint density at radius 1 is 1.27 bits per heavy atom. The molecule has 0 bridgehead atoms. The molecule has 1 fully saturated rings. The summed E-state index contributed by atoms with van der Waals surface area (Å²) in [6.45, 7) is 3.68. The summed E-state index contributed by atoms with van der Waals surface area (Å²) in [4.78, 5) is 31.8. The highest BCUT2D eigenvalue weighted by molar-refractivity contribution is 5.77. The van der Waals surface area contributed by atoms with E-state index in [2.05, 4.69) is 22.9 Å². The van der Waals surface area contributed by atoms with E-state index in [1.54, 1.807) is 7.05 Å². The Bertz CT molecular complexity index is 936. The van der Waals surface area contributed by atoms with Gasteiger partial charge < -0.3 is 10.6 Å². The van der Waals surface area contributed by atoms with Crippen molar-refractivity contribution in [3.05, 3.63) is 26.9 Å². The number of rotatable bonds is 5. The lowest BCUT2D eigenvalue weighted by Crippen LogP contribution is -2.43. The van der Waals surface area contributed by atoms with Gasteiger partial charge in [0.25, 0.3) is 5.56 Å². The van der Waals surface area contributed by atoms with E-state index in [0.29, 0.717) is 23.7 Å². The molecular formula is C18H28N6O2. The molecule has 26 heavy (non-hydrogen) atoms. The highest BCUT2D eigenvalue weighted by Crippen LogP contribution is 2.23. The standard InChI is InChI=1S/C18H28N6O2/c1-4-5-6-7-11-24-14-15(21(2)18(26)22(3)16(14)25)20-17(24)23-10-8-9-13(19)12-23/h7,11,13H,4-6,8-10,12,19H2,1-3H3/b11-7+. The maximum Gasteiger partial charge on any atom is 0.332 e. The number of piperidine rings is 1. The molecule has 1 saturated heterocycles. The van der Waals surface area contributed by atoms with Crippen molar-refractivity contribution in [1.82, 2.24) is 18.7 Å². The first kappa shape index (κ1) is 18.4. The molecule has 0 spiro atoms. The molecule has 1 aliphatic rings. The zero-order valence-electron chi connectivity index (χ0n) is 15.8. The number of aryl methyl sites for hydroxylation is 1. The maximum absolute atomic E-state index is 12.8. The number of imidazole rings is 1. The highest BCUT2D eigenvalue weighted by Gasteiger charge is 2.25.